The lowest BCUT2D eigenvalue weighted by Gasteiger charge is -2.22. The van der Waals surface area contributed by atoms with Crippen molar-refractivity contribution in [2.75, 3.05) is 5.32 Å². The maximum atomic E-state index is 4.80. The number of anilines is 1. The van der Waals surface area contributed by atoms with E-state index in [1.165, 1.54) is 0 Å². The molecule has 0 amide bonds. The van der Waals surface area contributed by atoms with Crippen molar-refractivity contribution in [1.29, 1.82) is 0 Å². The fraction of sp³-hybridized carbons (Fsp3) is 0.227. The molecule has 0 saturated carbocycles. The molecular formula is C22H21N5S. The van der Waals surface area contributed by atoms with E-state index in [1.54, 1.807) is 29.9 Å². The minimum atomic E-state index is -0.0925. The molecule has 0 atom stereocenters. The van der Waals surface area contributed by atoms with Crippen LogP contribution in [0.15, 0.2) is 49.1 Å². The van der Waals surface area contributed by atoms with Crippen LogP contribution in [0.3, 0.4) is 0 Å². The minimum absolute atomic E-state index is 0.0925. The van der Waals surface area contributed by atoms with Crippen LogP contribution in [0.25, 0.3) is 16.2 Å². The van der Waals surface area contributed by atoms with E-state index in [2.05, 4.69) is 54.0 Å². The van der Waals surface area contributed by atoms with Crippen molar-refractivity contribution in [2.45, 2.75) is 33.2 Å². The molecule has 0 bridgehead atoms. The predicted molar refractivity (Wildman–Crippen MR) is 115 cm³/mol. The normalized spacial score (nSPS) is 11.3. The van der Waals surface area contributed by atoms with E-state index < -0.39 is 0 Å². The van der Waals surface area contributed by atoms with Gasteiger partial charge in [0, 0.05) is 24.1 Å². The largest absolute Gasteiger partial charge is 0.365 e. The van der Waals surface area contributed by atoms with Crippen molar-refractivity contribution in [3.8, 4) is 22.4 Å². The van der Waals surface area contributed by atoms with Gasteiger partial charge >= 0.3 is 0 Å². The molecule has 0 radical (unpaired) electrons. The lowest BCUT2D eigenvalue weighted by atomic mass is 10.1. The fourth-order valence-electron chi connectivity index (χ4n) is 2.82. The summed E-state index contributed by atoms with van der Waals surface area (Å²) in [6.45, 7) is 8.45. The molecule has 4 aromatic rings. The molecule has 6 heteroatoms. The van der Waals surface area contributed by atoms with Crippen LogP contribution in [-0.4, -0.2) is 24.9 Å². The van der Waals surface area contributed by atoms with Crippen molar-refractivity contribution in [3.05, 3.63) is 65.2 Å². The molecule has 0 saturated heterocycles. The maximum Gasteiger partial charge on any atom is 0.157 e. The summed E-state index contributed by atoms with van der Waals surface area (Å²) in [6, 6.07) is 8.06. The summed E-state index contributed by atoms with van der Waals surface area (Å²) in [5, 5.41) is 3.58. The first-order valence-electron chi connectivity index (χ1n) is 9.04. The lowest BCUT2D eigenvalue weighted by Crippen LogP contribution is -2.27. The van der Waals surface area contributed by atoms with Gasteiger partial charge in [0.15, 0.2) is 5.65 Å². The molecule has 4 rings (SSSR count). The zero-order chi connectivity index (χ0) is 19.7. The van der Waals surface area contributed by atoms with Crippen LogP contribution in [0.5, 0.6) is 0 Å². The van der Waals surface area contributed by atoms with Gasteiger partial charge in [-0.25, -0.2) is 9.97 Å². The Bertz CT molecular complexity index is 1200. The third-order valence-electron chi connectivity index (χ3n) is 3.99. The number of hydrogen-bond acceptors (Lipinski definition) is 5. The number of nitrogens with one attached hydrogen (secondary N) is 1. The van der Waals surface area contributed by atoms with Gasteiger partial charge in [-0.05, 0) is 69.4 Å². The number of imidazole rings is 1. The first kappa shape index (κ1) is 18.2. The van der Waals surface area contributed by atoms with Crippen LogP contribution in [0.4, 0.5) is 5.82 Å². The molecule has 0 fully saturated rings. The predicted octanol–water partition coefficient (Wildman–Crippen LogP) is 4.77. The van der Waals surface area contributed by atoms with Crippen LogP contribution in [0.2, 0.25) is 0 Å². The number of nitrogens with zero attached hydrogens (tertiary/aromatic N) is 4. The second kappa shape index (κ2) is 7.10. The average Bonchev–Trinajstić information content (AvgIpc) is 3.24. The Morgan fingerprint density at radius 2 is 1.96 bits per heavy atom. The second-order valence-corrected chi connectivity index (χ2v) is 8.70. The molecule has 4 heterocycles. The Morgan fingerprint density at radius 1 is 1.11 bits per heavy atom. The van der Waals surface area contributed by atoms with Gasteiger partial charge in [-0.3, -0.25) is 9.38 Å². The molecule has 4 aromatic heterocycles. The number of fused-ring (bicyclic) bond motifs is 1. The summed E-state index contributed by atoms with van der Waals surface area (Å²) in [5.74, 6) is 7.33. The quantitative estimate of drug-likeness (QED) is 0.503. The van der Waals surface area contributed by atoms with E-state index in [1.807, 2.05) is 35.7 Å². The van der Waals surface area contributed by atoms with Crippen molar-refractivity contribution >= 4 is 22.8 Å². The number of rotatable bonds is 2. The van der Waals surface area contributed by atoms with Gasteiger partial charge < -0.3 is 5.32 Å². The molecule has 1 N–H and O–H groups in total. The van der Waals surface area contributed by atoms with Crippen molar-refractivity contribution in [1.82, 2.24) is 19.4 Å². The third-order valence-corrected chi connectivity index (χ3v) is 5.00. The van der Waals surface area contributed by atoms with Crippen LogP contribution in [0.1, 0.15) is 36.9 Å². The van der Waals surface area contributed by atoms with Crippen LogP contribution in [-0.2, 0) is 0 Å². The van der Waals surface area contributed by atoms with Crippen LogP contribution >= 0.6 is 11.3 Å². The smallest absolute Gasteiger partial charge is 0.157 e. The molecule has 5 nitrogen and oxygen atoms in total. The summed E-state index contributed by atoms with van der Waals surface area (Å²) in [4.78, 5) is 15.3. The van der Waals surface area contributed by atoms with Gasteiger partial charge in [0.1, 0.15) is 17.2 Å². The highest BCUT2D eigenvalue weighted by atomic mass is 32.1. The number of pyridine rings is 1. The van der Waals surface area contributed by atoms with Gasteiger partial charge in [0.2, 0.25) is 0 Å². The first-order valence-corrected chi connectivity index (χ1v) is 9.86. The molecular weight excluding hydrogens is 366 g/mol. The molecule has 0 spiro atoms. The lowest BCUT2D eigenvalue weighted by molar-refractivity contribution is 0.629. The third kappa shape index (κ3) is 3.90. The summed E-state index contributed by atoms with van der Waals surface area (Å²) < 4.78 is 2.04. The summed E-state index contributed by atoms with van der Waals surface area (Å²) in [7, 11) is 0. The molecule has 0 unspecified atom stereocenters. The van der Waals surface area contributed by atoms with E-state index >= 15 is 0 Å². The van der Waals surface area contributed by atoms with Crippen molar-refractivity contribution in [2.24, 2.45) is 0 Å². The summed E-state index contributed by atoms with van der Waals surface area (Å²) in [5.41, 5.74) is 3.57. The Kier molecular flexibility index (Phi) is 4.62. The van der Waals surface area contributed by atoms with Gasteiger partial charge in [0.05, 0.1) is 16.0 Å². The van der Waals surface area contributed by atoms with Crippen molar-refractivity contribution < 1.29 is 0 Å². The molecule has 140 valence electrons. The highest BCUT2D eigenvalue weighted by Crippen LogP contribution is 2.34. The average molecular weight is 388 g/mol. The second-order valence-electron chi connectivity index (χ2n) is 7.62. The van der Waals surface area contributed by atoms with Gasteiger partial charge in [-0.2, -0.15) is 0 Å². The van der Waals surface area contributed by atoms with E-state index in [-0.39, 0.29) is 5.54 Å². The van der Waals surface area contributed by atoms with E-state index in [4.69, 9.17) is 4.98 Å². The van der Waals surface area contributed by atoms with Gasteiger partial charge in [0.25, 0.3) is 0 Å². The van der Waals surface area contributed by atoms with E-state index in [0.29, 0.717) is 0 Å². The topological polar surface area (TPSA) is 55.1 Å². The van der Waals surface area contributed by atoms with E-state index in [9.17, 15) is 0 Å². The van der Waals surface area contributed by atoms with Gasteiger partial charge in [-0.1, -0.05) is 0 Å². The Labute approximate surface area is 168 Å². The standard InChI is InChI=1S/C22H21N5S/c1-15-9-10-24-16(13-15)5-6-17-7-8-18(28-17)20-21(26-22(2,3)4)27-12-11-23-14-19(27)25-20/h7-14,26H,1-4H3. The minimum Gasteiger partial charge on any atom is -0.365 e. The number of thiophene rings is 1. The number of aromatic nitrogens is 4. The zero-order valence-electron chi connectivity index (χ0n) is 16.3. The van der Waals surface area contributed by atoms with E-state index in [0.717, 1.165) is 38.2 Å². The zero-order valence-corrected chi connectivity index (χ0v) is 17.1. The monoisotopic (exact) mass is 387 g/mol. The molecule has 0 aromatic carbocycles. The number of aryl methyl sites for hydroxylation is 1. The number of hydrogen-bond donors (Lipinski definition) is 1. The molecule has 0 aliphatic carbocycles. The Balaban J connectivity index is 1.73. The molecule has 0 aliphatic heterocycles. The summed E-state index contributed by atoms with van der Waals surface area (Å²) in [6.07, 6.45) is 7.26. The molecule has 0 aliphatic rings. The van der Waals surface area contributed by atoms with Crippen LogP contribution in [0, 0.1) is 18.8 Å². The van der Waals surface area contributed by atoms with Gasteiger partial charge in [-0.15, -0.1) is 11.3 Å². The fourth-order valence-corrected chi connectivity index (χ4v) is 3.67. The Hall–Kier alpha value is -3.17. The Morgan fingerprint density at radius 3 is 2.75 bits per heavy atom. The highest BCUT2D eigenvalue weighted by molar-refractivity contribution is 7.16. The maximum absolute atomic E-state index is 4.80. The van der Waals surface area contributed by atoms with Crippen molar-refractivity contribution in [3.63, 3.8) is 0 Å². The molecule has 28 heavy (non-hydrogen) atoms. The summed E-state index contributed by atoms with van der Waals surface area (Å²) >= 11 is 1.63. The highest BCUT2D eigenvalue weighted by Gasteiger charge is 2.20. The first-order chi connectivity index (χ1) is 13.4. The van der Waals surface area contributed by atoms with Crippen LogP contribution < -0.4 is 5.32 Å². The SMILES string of the molecule is Cc1ccnc(C#Cc2ccc(-c3nc4cnccn4c3NC(C)(C)C)s2)c1.